The van der Waals surface area contributed by atoms with Crippen molar-refractivity contribution in [3.8, 4) is 10.6 Å². The molecule has 1 fully saturated rings. The van der Waals surface area contributed by atoms with Crippen LogP contribution < -0.4 is 5.32 Å². The van der Waals surface area contributed by atoms with Gasteiger partial charge in [0, 0.05) is 12.6 Å². The highest BCUT2D eigenvalue weighted by Crippen LogP contribution is 2.32. The van der Waals surface area contributed by atoms with Crippen molar-refractivity contribution < 1.29 is 4.42 Å². The van der Waals surface area contributed by atoms with E-state index in [1.807, 2.05) is 13.8 Å². The minimum Gasteiger partial charge on any atom is -0.442 e. The first kappa shape index (κ1) is 10.9. The largest absolute Gasteiger partial charge is 0.442 e. The van der Waals surface area contributed by atoms with E-state index in [0.717, 1.165) is 33.6 Å². The molecule has 2 aromatic heterocycles. The molecule has 0 radical (unpaired) electrons. The van der Waals surface area contributed by atoms with Gasteiger partial charge in [0.1, 0.15) is 5.69 Å². The Hall–Kier alpha value is -1.20. The monoisotopic (exact) mass is 249 g/mol. The molecule has 1 aliphatic rings. The number of hydrogen-bond acceptors (Lipinski definition) is 5. The van der Waals surface area contributed by atoms with E-state index >= 15 is 0 Å². The molecule has 5 heteroatoms. The van der Waals surface area contributed by atoms with Crippen LogP contribution >= 0.6 is 11.3 Å². The average molecular weight is 249 g/mol. The molecule has 4 nitrogen and oxygen atoms in total. The SMILES string of the molecule is Cc1nc(C)c(-c2ocnc2CNC2CC2)s1. The van der Waals surface area contributed by atoms with Crippen molar-refractivity contribution in [3.05, 3.63) is 22.8 Å². The zero-order valence-corrected chi connectivity index (χ0v) is 10.8. The molecule has 0 amide bonds. The minimum atomic E-state index is 0.684. The van der Waals surface area contributed by atoms with Gasteiger partial charge in [0.2, 0.25) is 0 Å². The van der Waals surface area contributed by atoms with Gasteiger partial charge in [-0.1, -0.05) is 0 Å². The molecule has 1 saturated carbocycles. The number of oxazole rings is 1. The van der Waals surface area contributed by atoms with Crippen LogP contribution in [0, 0.1) is 13.8 Å². The average Bonchev–Trinajstić information content (AvgIpc) is 2.91. The Labute approximate surface area is 104 Å². The van der Waals surface area contributed by atoms with Gasteiger partial charge in [0.05, 0.1) is 15.6 Å². The fraction of sp³-hybridized carbons (Fsp3) is 0.500. The smallest absolute Gasteiger partial charge is 0.181 e. The van der Waals surface area contributed by atoms with E-state index < -0.39 is 0 Å². The molecule has 0 unspecified atom stereocenters. The Kier molecular flexibility index (Phi) is 2.72. The van der Waals surface area contributed by atoms with E-state index in [4.69, 9.17) is 4.42 Å². The molecule has 0 aromatic carbocycles. The summed E-state index contributed by atoms with van der Waals surface area (Å²) in [7, 11) is 0. The fourth-order valence-corrected chi connectivity index (χ4v) is 2.78. The van der Waals surface area contributed by atoms with Gasteiger partial charge in [0.25, 0.3) is 0 Å². The number of thiazole rings is 1. The first-order valence-corrected chi connectivity index (χ1v) is 6.66. The summed E-state index contributed by atoms with van der Waals surface area (Å²) in [6.45, 7) is 4.81. The number of hydrogen-bond donors (Lipinski definition) is 1. The van der Waals surface area contributed by atoms with E-state index in [1.54, 1.807) is 11.3 Å². The number of aryl methyl sites for hydroxylation is 2. The lowest BCUT2D eigenvalue weighted by Crippen LogP contribution is -2.15. The van der Waals surface area contributed by atoms with Gasteiger partial charge in [-0.3, -0.25) is 0 Å². The molecule has 3 rings (SSSR count). The van der Waals surface area contributed by atoms with Crippen LogP contribution in [0.5, 0.6) is 0 Å². The van der Waals surface area contributed by atoms with E-state index in [2.05, 4.69) is 15.3 Å². The molecule has 0 aliphatic heterocycles. The zero-order valence-electron chi connectivity index (χ0n) is 9.99. The summed E-state index contributed by atoms with van der Waals surface area (Å²) in [5.74, 6) is 0.876. The summed E-state index contributed by atoms with van der Waals surface area (Å²) < 4.78 is 5.52. The van der Waals surface area contributed by atoms with Crippen LogP contribution in [-0.4, -0.2) is 16.0 Å². The molecule has 17 heavy (non-hydrogen) atoms. The lowest BCUT2D eigenvalue weighted by molar-refractivity contribution is 0.570. The van der Waals surface area contributed by atoms with E-state index in [0.29, 0.717) is 6.04 Å². The van der Waals surface area contributed by atoms with Crippen molar-refractivity contribution in [2.75, 3.05) is 0 Å². The molecule has 2 heterocycles. The summed E-state index contributed by atoms with van der Waals surface area (Å²) in [5, 5.41) is 4.52. The van der Waals surface area contributed by atoms with Gasteiger partial charge in [-0.25, -0.2) is 9.97 Å². The van der Waals surface area contributed by atoms with Crippen LogP contribution in [-0.2, 0) is 6.54 Å². The number of nitrogens with zero attached hydrogens (tertiary/aromatic N) is 2. The van der Waals surface area contributed by atoms with Gasteiger partial charge in [-0.05, 0) is 26.7 Å². The van der Waals surface area contributed by atoms with Crippen molar-refractivity contribution in [3.63, 3.8) is 0 Å². The Morgan fingerprint density at radius 2 is 2.29 bits per heavy atom. The second kappa shape index (κ2) is 4.23. The van der Waals surface area contributed by atoms with Crippen LogP contribution in [0.3, 0.4) is 0 Å². The number of aromatic nitrogens is 2. The normalized spacial score (nSPS) is 15.4. The summed E-state index contributed by atoms with van der Waals surface area (Å²) in [4.78, 5) is 9.82. The lowest BCUT2D eigenvalue weighted by Gasteiger charge is -2.01. The van der Waals surface area contributed by atoms with Gasteiger partial charge < -0.3 is 9.73 Å². The lowest BCUT2D eigenvalue weighted by atomic mass is 10.2. The molecule has 0 atom stereocenters. The second-order valence-electron chi connectivity index (χ2n) is 4.43. The molecule has 0 spiro atoms. The minimum absolute atomic E-state index is 0.684. The summed E-state index contributed by atoms with van der Waals surface area (Å²) >= 11 is 1.66. The predicted molar refractivity (Wildman–Crippen MR) is 66.9 cm³/mol. The maximum atomic E-state index is 5.52. The molecule has 0 saturated heterocycles. The molecule has 90 valence electrons. The van der Waals surface area contributed by atoms with E-state index in [9.17, 15) is 0 Å². The first-order chi connectivity index (χ1) is 8.24. The Bertz CT molecular complexity index is 528. The van der Waals surface area contributed by atoms with E-state index in [1.165, 1.54) is 19.2 Å². The van der Waals surface area contributed by atoms with Gasteiger partial charge >= 0.3 is 0 Å². The molecular formula is C12H15N3OS. The van der Waals surface area contributed by atoms with E-state index in [-0.39, 0.29) is 0 Å². The third-order valence-corrected chi connectivity index (χ3v) is 3.96. The van der Waals surface area contributed by atoms with Crippen LogP contribution in [0.15, 0.2) is 10.8 Å². The Morgan fingerprint density at radius 3 is 2.94 bits per heavy atom. The maximum Gasteiger partial charge on any atom is 0.181 e. The van der Waals surface area contributed by atoms with Crippen LogP contribution in [0.4, 0.5) is 0 Å². The third-order valence-electron chi connectivity index (χ3n) is 2.89. The van der Waals surface area contributed by atoms with Crippen LogP contribution in [0.25, 0.3) is 10.6 Å². The van der Waals surface area contributed by atoms with Crippen molar-refractivity contribution in [2.24, 2.45) is 0 Å². The quantitative estimate of drug-likeness (QED) is 0.905. The first-order valence-electron chi connectivity index (χ1n) is 5.84. The molecular weight excluding hydrogens is 234 g/mol. The van der Waals surface area contributed by atoms with Crippen LogP contribution in [0.2, 0.25) is 0 Å². The van der Waals surface area contributed by atoms with Gasteiger partial charge in [0.15, 0.2) is 12.2 Å². The predicted octanol–water partition coefficient (Wildman–Crippen LogP) is 2.67. The fourth-order valence-electron chi connectivity index (χ4n) is 1.85. The maximum absolute atomic E-state index is 5.52. The Balaban J connectivity index is 1.86. The standard InChI is InChI=1S/C12H15N3OS/c1-7-12(17-8(2)15-7)11-10(14-6-16-11)5-13-9-3-4-9/h6,9,13H,3-5H2,1-2H3. The molecule has 2 aromatic rings. The summed E-state index contributed by atoms with van der Waals surface area (Å²) in [5.41, 5.74) is 2.01. The Morgan fingerprint density at radius 1 is 1.47 bits per heavy atom. The highest BCUT2D eigenvalue weighted by atomic mass is 32.1. The van der Waals surface area contributed by atoms with Crippen LogP contribution in [0.1, 0.15) is 29.2 Å². The van der Waals surface area contributed by atoms with Crippen molar-refractivity contribution >= 4 is 11.3 Å². The zero-order chi connectivity index (χ0) is 11.8. The third kappa shape index (κ3) is 2.25. The second-order valence-corrected chi connectivity index (χ2v) is 5.63. The van der Waals surface area contributed by atoms with Gasteiger partial charge in [-0.15, -0.1) is 11.3 Å². The van der Waals surface area contributed by atoms with Crippen molar-refractivity contribution in [1.29, 1.82) is 0 Å². The molecule has 0 bridgehead atoms. The highest BCUT2D eigenvalue weighted by Gasteiger charge is 2.22. The topological polar surface area (TPSA) is 51.0 Å². The van der Waals surface area contributed by atoms with Crippen molar-refractivity contribution in [1.82, 2.24) is 15.3 Å². The highest BCUT2D eigenvalue weighted by molar-refractivity contribution is 7.15. The summed E-state index contributed by atoms with van der Waals surface area (Å²) in [6, 6.07) is 0.684. The number of rotatable bonds is 4. The molecule has 1 N–H and O–H groups in total. The summed E-state index contributed by atoms with van der Waals surface area (Å²) in [6.07, 6.45) is 4.09. The number of nitrogens with one attached hydrogen (secondary N) is 1. The van der Waals surface area contributed by atoms with Gasteiger partial charge in [-0.2, -0.15) is 0 Å². The van der Waals surface area contributed by atoms with Crippen molar-refractivity contribution in [2.45, 2.75) is 39.3 Å². The molecule has 1 aliphatic carbocycles.